The SMILES string of the molecule is COC(=O)C(N)CCCNC(=N)NS(=O)(=O)c1c(C)c(C)c2c(c1C)CC(C)(C)O2. The largest absolute Gasteiger partial charge is 0.487 e. The van der Waals surface area contributed by atoms with Gasteiger partial charge in [0.1, 0.15) is 17.4 Å². The maximum atomic E-state index is 13.1. The molecule has 10 heteroatoms. The van der Waals surface area contributed by atoms with Gasteiger partial charge in [-0.15, -0.1) is 0 Å². The molecule has 0 spiro atoms. The van der Waals surface area contributed by atoms with Crippen molar-refractivity contribution in [3.63, 3.8) is 0 Å². The van der Waals surface area contributed by atoms with Gasteiger partial charge >= 0.3 is 5.97 Å². The van der Waals surface area contributed by atoms with Crippen LogP contribution in [0.25, 0.3) is 0 Å². The summed E-state index contributed by atoms with van der Waals surface area (Å²) in [5.74, 6) is -0.0878. The van der Waals surface area contributed by atoms with Crippen LogP contribution in [0.15, 0.2) is 4.90 Å². The Bertz CT molecular complexity index is 957. The van der Waals surface area contributed by atoms with Gasteiger partial charge in [-0.2, -0.15) is 0 Å². The fourth-order valence-corrected chi connectivity index (χ4v) is 5.20. The first-order valence-electron chi connectivity index (χ1n) is 9.81. The molecule has 1 unspecified atom stereocenters. The summed E-state index contributed by atoms with van der Waals surface area (Å²) in [6.45, 7) is 9.60. The number of carbonyl (C=O) groups excluding carboxylic acids is 1. The van der Waals surface area contributed by atoms with Crippen LogP contribution in [0.2, 0.25) is 0 Å². The molecular formula is C20H32N4O5S. The smallest absolute Gasteiger partial charge is 0.322 e. The van der Waals surface area contributed by atoms with Gasteiger partial charge in [0.15, 0.2) is 0 Å². The zero-order chi connectivity index (χ0) is 22.9. The van der Waals surface area contributed by atoms with Crippen molar-refractivity contribution in [2.24, 2.45) is 5.73 Å². The van der Waals surface area contributed by atoms with E-state index >= 15 is 0 Å². The summed E-state index contributed by atoms with van der Waals surface area (Å²) in [6, 6.07) is -0.742. The number of benzene rings is 1. The summed E-state index contributed by atoms with van der Waals surface area (Å²) in [4.78, 5) is 11.5. The molecule has 0 aromatic heterocycles. The first-order chi connectivity index (χ1) is 13.8. The standard InChI is InChI=1S/C20H32N4O5S/c1-11-12(2)17(13(3)14-10-20(4,5)29-16(11)14)30(26,27)24-19(22)23-9-7-8-15(21)18(25)28-6/h15H,7-10,21H2,1-6H3,(H3,22,23,24). The molecule has 0 bridgehead atoms. The number of ether oxygens (including phenoxy) is 2. The minimum atomic E-state index is -3.96. The number of rotatable bonds is 7. The molecule has 168 valence electrons. The molecule has 0 fully saturated rings. The quantitative estimate of drug-likeness (QED) is 0.217. The zero-order valence-electron chi connectivity index (χ0n) is 18.4. The highest BCUT2D eigenvalue weighted by atomic mass is 32.2. The second-order valence-corrected chi connectivity index (χ2v) is 9.85. The number of hydrogen-bond acceptors (Lipinski definition) is 7. The average Bonchev–Trinajstić information content (AvgIpc) is 2.98. The van der Waals surface area contributed by atoms with E-state index < -0.39 is 22.0 Å². The Morgan fingerprint density at radius 2 is 1.90 bits per heavy atom. The fourth-order valence-electron chi connectivity index (χ4n) is 3.67. The van der Waals surface area contributed by atoms with E-state index in [0.29, 0.717) is 30.4 Å². The van der Waals surface area contributed by atoms with E-state index in [0.717, 1.165) is 16.9 Å². The minimum Gasteiger partial charge on any atom is -0.487 e. The lowest BCUT2D eigenvalue weighted by Gasteiger charge is -2.19. The van der Waals surface area contributed by atoms with Gasteiger partial charge in [-0.3, -0.25) is 10.2 Å². The number of carbonyl (C=O) groups is 1. The Balaban J connectivity index is 2.11. The van der Waals surface area contributed by atoms with Crippen molar-refractivity contribution in [3.05, 3.63) is 22.3 Å². The third-order valence-electron chi connectivity index (χ3n) is 5.29. The second-order valence-electron chi connectivity index (χ2n) is 8.23. The van der Waals surface area contributed by atoms with Crippen molar-refractivity contribution < 1.29 is 22.7 Å². The van der Waals surface area contributed by atoms with Crippen LogP contribution < -0.4 is 20.5 Å². The number of methoxy groups -OCH3 is 1. The van der Waals surface area contributed by atoms with Crippen LogP contribution in [0.4, 0.5) is 0 Å². The van der Waals surface area contributed by atoms with Crippen LogP contribution in [0, 0.1) is 26.2 Å². The Morgan fingerprint density at radius 3 is 2.50 bits per heavy atom. The fraction of sp³-hybridized carbons (Fsp3) is 0.600. The molecule has 9 nitrogen and oxygen atoms in total. The molecule has 0 saturated heterocycles. The maximum Gasteiger partial charge on any atom is 0.322 e. The summed E-state index contributed by atoms with van der Waals surface area (Å²) in [7, 11) is -2.70. The summed E-state index contributed by atoms with van der Waals surface area (Å²) < 4.78 is 39.0. The molecule has 1 aromatic carbocycles. The molecule has 0 saturated carbocycles. The molecule has 1 aliphatic heterocycles. The lowest BCUT2D eigenvalue weighted by molar-refractivity contribution is -0.142. The van der Waals surface area contributed by atoms with Gasteiger partial charge in [-0.25, -0.2) is 13.1 Å². The number of guanidine groups is 1. The monoisotopic (exact) mass is 440 g/mol. The molecule has 5 N–H and O–H groups in total. The van der Waals surface area contributed by atoms with E-state index in [1.54, 1.807) is 13.8 Å². The summed E-state index contributed by atoms with van der Waals surface area (Å²) in [5.41, 5.74) is 8.19. The van der Waals surface area contributed by atoms with E-state index in [4.69, 9.17) is 15.9 Å². The topological polar surface area (TPSA) is 144 Å². The van der Waals surface area contributed by atoms with Crippen molar-refractivity contribution >= 4 is 22.0 Å². The number of hydrogen-bond donors (Lipinski definition) is 4. The molecular weight excluding hydrogens is 408 g/mol. The molecule has 0 aliphatic carbocycles. The van der Waals surface area contributed by atoms with Gasteiger partial charge in [0.2, 0.25) is 5.96 Å². The number of sulfonamides is 1. The van der Waals surface area contributed by atoms with Crippen LogP contribution in [0.5, 0.6) is 5.75 Å². The summed E-state index contributed by atoms with van der Waals surface area (Å²) in [5, 5.41) is 10.7. The zero-order valence-corrected chi connectivity index (χ0v) is 19.2. The van der Waals surface area contributed by atoms with Crippen molar-refractivity contribution in [3.8, 4) is 5.75 Å². The predicted octanol–water partition coefficient (Wildman–Crippen LogP) is 1.41. The van der Waals surface area contributed by atoms with Crippen LogP contribution in [-0.4, -0.2) is 45.6 Å². The van der Waals surface area contributed by atoms with E-state index in [2.05, 4.69) is 14.8 Å². The Hall–Kier alpha value is -2.33. The third kappa shape index (κ3) is 5.04. The number of fused-ring (bicyclic) bond motifs is 1. The second kappa shape index (κ2) is 8.81. The lowest BCUT2D eigenvalue weighted by Crippen LogP contribution is -2.41. The van der Waals surface area contributed by atoms with Gasteiger partial charge in [-0.1, -0.05) is 0 Å². The molecule has 0 amide bonds. The normalized spacial score (nSPS) is 15.7. The van der Waals surface area contributed by atoms with Crippen molar-refractivity contribution in [2.75, 3.05) is 13.7 Å². The first-order valence-corrected chi connectivity index (χ1v) is 11.3. The van der Waals surface area contributed by atoms with Crippen molar-refractivity contribution in [1.82, 2.24) is 10.0 Å². The van der Waals surface area contributed by atoms with Crippen molar-refractivity contribution in [1.29, 1.82) is 5.41 Å². The van der Waals surface area contributed by atoms with Gasteiger partial charge in [0, 0.05) is 18.5 Å². The molecule has 1 atom stereocenters. The van der Waals surface area contributed by atoms with Crippen LogP contribution in [0.3, 0.4) is 0 Å². The number of nitrogens with two attached hydrogens (primary N) is 1. The highest BCUT2D eigenvalue weighted by molar-refractivity contribution is 7.90. The number of esters is 1. The van der Waals surface area contributed by atoms with E-state index in [9.17, 15) is 13.2 Å². The van der Waals surface area contributed by atoms with Gasteiger partial charge in [0.05, 0.1) is 12.0 Å². The lowest BCUT2D eigenvalue weighted by atomic mass is 9.94. The molecule has 0 radical (unpaired) electrons. The summed E-state index contributed by atoms with van der Waals surface area (Å²) >= 11 is 0. The minimum absolute atomic E-state index is 0.180. The van der Waals surface area contributed by atoms with Crippen LogP contribution >= 0.6 is 0 Å². The van der Waals surface area contributed by atoms with Gasteiger partial charge < -0.3 is 20.5 Å². The molecule has 2 rings (SSSR count). The Kier molecular flexibility index (Phi) is 7.03. The van der Waals surface area contributed by atoms with Crippen molar-refractivity contribution in [2.45, 2.75) is 70.4 Å². The van der Waals surface area contributed by atoms with E-state index in [1.165, 1.54) is 7.11 Å². The molecule has 30 heavy (non-hydrogen) atoms. The molecule has 1 aromatic rings. The van der Waals surface area contributed by atoms with Gasteiger partial charge in [0.25, 0.3) is 10.0 Å². The summed E-state index contributed by atoms with van der Waals surface area (Å²) in [6.07, 6.45) is 1.45. The van der Waals surface area contributed by atoms with E-state index in [-0.39, 0.29) is 23.0 Å². The van der Waals surface area contributed by atoms with Crippen LogP contribution in [0.1, 0.15) is 48.9 Å². The third-order valence-corrected chi connectivity index (χ3v) is 6.92. The highest BCUT2D eigenvalue weighted by Gasteiger charge is 2.36. The highest BCUT2D eigenvalue weighted by Crippen LogP contribution is 2.43. The Morgan fingerprint density at radius 1 is 1.27 bits per heavy atom. The molecule has 1 aliphatic rings. The maximum absolute atomic E-state index is 13.1. The first kappa shape index (κ1) is 23.9. The Labute approximate surface area is 178 Å². The molecule has 1 heterocycles. The van der Waals surface area contributed by atoms with Crippen LogP contribution in [-0.2, 0) is 26.0 Å². The predicted molar refractivity (Wildman–Crippen MR) is 114 cm³/mol. The average molecular weight is 441 g/mol. The van der Waals surface area contributed by atoms with Gasteiger partial charge in [-0.05, 0) is 64.2 Å². The van der Waals surface area contributed by atoms with E-state index in [1.807, 2.05) is 20.8 Å². The number of nitrogens with one attached hydrogen (secondary N) is 3.